The topological polar surface area (TPSA) is 37.4 Å². The number of alkyl halides is 2. The molecule has 0 aliphatic heterocycles. The van der Waals surface area contributed by atoms with Gasteiger partial charge in [-0.3, -0.25) is 9.59 Å². The first-order valence-electron chi connectivity index (χ1n) is 7.22. The SMILES string of the molecule is CN(C(=O)C1(C(F)F)Cc2ccccc2C1=O)c1ccccc1. The number of carbonyl (C=O) groups is 2. The fraction of sp³-hybridized carbons (Fsp3) is 0.222. The molecule has 0 spiro atoms. The van der Waals surface area contributed by atoms with Gasteiger partial charge < -0.3 is 4.90 Å². The van der Waals surface area contributed by atoms with E-state index in [1.54, 1.807) is 48.5 Å². The lowest BCUT2D eigenvalue weighted by Gasteiger charge is -2.30. The van der Waals surface area contributed by atoms with E-state index in [9.17, 15) is 18.4 Å². The van der Waals surface area contributed by atoms with E-state index in [-0.39, 0.29) is 12.0 Å². The van der Waals surface area contributed by atoms with Gasteiger partial charge in [-0.05, 0) is 17.7 Å². The van der Waals surface area contributed by atoms with Crippen molar-refractivity contribution in [1.29, 1.82) is 0 Å². The Morgan fingerprint density at radius 2 is 1.70 bits per heavy atom. The quantitative estimate of drug-likeness (QED) is 0.815. The molecule has 1 amide bonds. The van der Waals surface area contributed by atoms with Gasteiger partial charge in [-0.25, -0.2) is 8.78 Å². The Labute approximate surface area is 132 Å². The van der Waals surface area contributed by atoms with Crippen molar-refractivity contribution < 1.29 is 18.4 Å². The Balaban J connectivity index is 2.04. The van der Waals surface area contributed by atoms with Gasteiger partial charge in [0.2, 0.25) is 5.91 Å². The molecule has 1 aliphatic carbocycles. The lowest BCUT2D eigenvalue weighted by atomic mass is 9.82. The molecule has 0 N–H and O–H groups in total. The van der Waals surface area contributed by atoms with Crippen LogP contribution < -0.4 is 4.90 Å². The Morgan fingerprint density at radius 1 is 1.09 bits per heavy atom. The fourth-order valence-corrected chi connectivity index (χ4v) is 3.03. The smallest absolute Gasteiger partial charge is 0.260 e. The van der Waals surface area contributed by atoms with Gasteiger partial charge in [0.15, 0.2) is 11.2 Å². The number of para-hydroxylation sites is 1. The number of ketones is 1. The number of amides is 1. The summed E-state index contributed by atoms with van der Waals surface area (Å²) >= 11 is 0. The highest BCUT2D eigenvalue weighted by atomic mass is 19.3. The third kappa shape index (κ3) is 2.23. The molecule has 118 valence electrons. The second-order valence-corrected chi connectivity index (χ2v) is 5.63. The van der Waals surface area contributed by atoms with Crippen LogP contribution in [0, 0.1) is 5.41 Å². The average molecular weight is 315 g/mol. The van der Waals surface area contributed by atoms with Crippen LogP contribution in [0.4, 0.5) is 14.5 Å². The number of rotatable bonds is 3. The molecule has 0 saturated heterocycles. The van der Waals surface area contributed by atoms with E-state index < -0.39 is 23.5 Å². The van der Waals surface area contributed by atoms with Crippen molar-refractivity contribution in [3.8, 4) is 0 Å². The number of fused-ring (bicyclic) bond motifs is 1. The van der Waals surface area contributed by atoms with Crippen molar-refractivity contribution in [2.75, 3.05) is 11.9 Å². The van der Waals surface area contributed by atoms with Crippen LogP contribution in [0.15, 0.2) is 54.6 Å². The summed E-state index contributed by atoms with van der Waals surface area (Å²) in [4.78, 5) is 26.6. The van der Waals surface area contributed by atoms with Crippen molar-refractivity contribution in [3.63, 3.8) is 0 Å². The molecule has 0 radical (unpaired) electrons. The summed E-state index contributed by atoms with van der Waals surface area (Å²) in [6.45, 7) is 0. The third-order valence-corrected chi connectivity index (χ3v) is 4.34. The van der Waals surface area contributed by atoms with E-state index in [1.807, 2.05) is 0 Å². The Bertz CT molecular complexity index is 761. The van der Waals surface area contributed by atoms with Crippen LogP contribution in [-0.2, 0) is 11.2 Å². The maximum Gasteiger partial charge on any atom is 0.260 e. The summed E-state index contributed by atoms with van der Waals surface area (Å²) in [6, 6.07) is 14.9. The number of hydrogen-bond donors (Lipinski definition) is 0. The standard InChI is InChI=1S/C18H15F2NO2/c1-21(13-8-3-2-4-9-13)17(23)18(16(19)20)11-12-7-5-6-10-14(12)15(18)22/h2-10,16H,11H2,1H3. The molecule has 3 rings (SSSR count). The molecule has 1 atom stereocenters. The van der Waals surface area contributed by atoms with Gasteiger partial charge in [0.25, 0.3) is 6.43 Å². The maximum atomic E-state index is 13.9. The first-order chi connectivity index (χ1) is 11.0. The second kappa shape index (κ2) is 5.57. The van der Waals surface area contributed by atoms with Crippen molar-refractivity contribution in [2.24, 2.45) is 5.41 Å². The fourth-order valence-electron chi connectivity index (χ4n) is 3.03. The Hall–Kier alpha value is -2.56. The van der Waals surface area contributed by atoms with Gasteiger partial charge in [-0.15, -0.1) is 0 Å². The van der Waals surface area contributed by atoms with Crippen LogP contribution in [-0.4, -0.2) is 25.2 Å². The number of Topliss-reactive ketones (excluding diaryl/α,β-unsaturated/α-hetero) is 1. The summed E-state index contributed by atoms with van der Waals surface area (Å²) in [7, 11) is 1.41. The normalized spacial score (nSPS) is 19.7. The number of hydrogen-bond acceptors (Lipinski definition) is 2. The molecule has 1 aliphatic rings. The average Bonchev–Trinajstić information content (AvgIpc) is 2.89. The molecular formula is C18H15F2NO2. The van der Waals surface area contributed by atoms with Crippen LogP contribution in [0.25, 0.3) is 0 Å². The van der Waals surface area contributed by atoms with Crippen LogP contribution in [0.1, 0.15) is 15.9 Å². The number of nitrogens with zero attached hydrogens (tertiary/aromatic N) is 1. The highest BCUT2D eigenvalue weighted by Gasteiger charge is 2.59. The summed E-state index contributed by atoms with van der Waals surface area (Å²) in [5.74, 6) is -1.67. The molecule has 0 aromatic heterocycles. The van der Waals surface area contributed by atoms with E-state index in [1.165, 1.54) is 13.1 Å². The minimum absolute atomic E-state index is 0.211. The second-order valence-electron chi connectivity index (χ2n) is 5.63. The zero-order valence-electron chi connectivity index (χ0n) is 12.5. The van der Waals surface area contributed by atoms with E-state index in [4.69, 9.17) is 0 Å². The molecule has 5 heteroatoms. The molecule has 0 heterocycles. The predicted molar refractivity (Wildman–Crippen MR) is 82.8 cm³/mol. The summed E-state index contributed by atoms with van der Waals surface area (Å²) in [5.41, 5.74) is -1.16. The van der Waals surface area contributed by atoms with Gasteiger partial charge >= 0.3 is 0 Å². The number of halogens is 2. The lowest BCUT2D eigenvalue weighted by Crippen LogP contribution is -2.51. The van der Waals surface area contributed by atoms with Crippen molar-refractivity contribution in [1.82, 2.24) is 0 Å². The molecule has 0 saturated carbocycles. The van der Waals surface area contributed by atoms with Gasteiger partial charge in [-0.1, -0.05) is 42.5 Å². The molecule has 0 bridgehead atoms. The summed E-state index contributed by atoms with van der Waals surface area (Å²) in [5, 5.41) is 0. The third-order valence-electron chi connectivity index (χ3n) is 4.34. The van der Waals surface area contributed by atoms with Crippen molar-refractivity contribution in [3.05, 3.63) is 65.7 Å². The zero-order chi connectivity index (χ0) is 16.6. The monoisotopic (exact) mass is 315 g/mol. The number of benzene rings is 2. The van der Waals surface area contributed by atoms with E-state index in [0.717, 1.165) is 4.90 Å². The van der Waals surface area contributed by atoms with Gasteiger partial charge in [0.05, 0.1) is 0 Å². The summed E-state index contributed by atoms with van der Waals surface area (Å²) < 4.78 is 27.7. The van der Waals surface area contributed by atoms with E-state index in [2.05, 4.69) is 0 Å². The molecule has 23 heavy (non-hydrogen) atoms. The van der Waals surface area contributed by atoms with Crippen molar-refractivity contribution in [2.45, 2.75) is 12.8 Å². The first-order valence-corrected chi connectivity index (χ1v) is 7.22. The Morgan fingerprint density at radius 3 is 2.30 bits per heavy atom. The molecular weight excluding hydrogens is 300 g/mol. The molecule has 2 aromatic carbocycles. The van der Waals surface area contributed by atoms with Gasteiger partial charge in [0.1, 0.15) is 0 Å². The highest BCUT2D eigenvalue weighted by molar-refractivity contribution is 6.21. The largest absolute Gasteiger partial charge is 0.314 e. The zero-order valence-corrected chi connectivity index (χ0v) is 12.5. The Kier molecular flexibility index (Phi) is 3.72. The number of carbonyl (C=O) groups excluding carboxylic acids is 2. The summed E-state index contributed by atoms with van der Waals surface area (Å²) in [6.07, 6.45) is -3.34. The molecule has 2 aromatic rings. The van der Waals surface area contributed by atoms with Crippen LogP contribution in [0.5, 0.6) is 0 Å². The van der Waals surface area contributed by atoms with Crippen LogP contribution >= 0.6 is 0 Å². The van der Waals surface area contributed by atoms with Gasteiger partial charge in [-0.2, -0.15) is 0 Å². The highest BCUT2D eigenvalue weighted by Crippen LogP contribution is 2.43. The minimum Gasteiger partial charge on any atom is -0.314 e. The van der Waals surface area contributed by atoms with E-state index >= 15 is 0 Å². The molecule has 1 unspecified atom stereocenters. The molecule has 0 fully saturated rings. The minimum atomic E-state index is -3.07. The van der Waals surface area contributed by atoms with E-state index in [0.29, 0.717) is 11.3 Å². The lowest BCUT2D eigenvalue weighted by molar-refractivity contribution is -0.132. The molecule has 3 nitrogen and oxygen atoms in total. The number of anilines is 1. The van der Waals surface area contributed by atoms with Crippen molar-refractivity contribution >= 4 is 17.4 Å². The first kappa shape index (κ1) is 15.3. The van der Waals surface area contributed by atoms with Crippen LogP contribution in [0.3, 0.4) is 0 Å². The predicted octanol–water partition coefficient (Wildman–Crippen LogP) is 3.34. The van der Waals surface area contributed by atoms with Crippen LogP contribution in [0.2, 0.25) is 0 Å². The maximum absolute atomic E-state index is 13.9. The van der Waals surface area contributed by atoms with Gasteiger partial charge in [0, 0.05) is 24.7 Å².